The maximum atomic E-state index is 15.4. The zero-order chi connectivity index (χ0) is 55.8. The van der Waals surface area contributed by atoms with Gasteiger partial charge in [-0.3, -0.25) is 9.59 Å². The van der Waals surface area contributed by atoms with E-state index >= 15 is 4.79 Å². The predicted octanol–water partition coefficient (Wildman–Crippen LogP) is 3.06. The predicted molar refractivity (Wildman–Crippen MR) is 285 cm³/mol. The van der Waals surface area contributed by atoms with Crippen molar-refractivity contribution in [2.45, 2.75) is 173 Å². The number of imidazole rings is 2. The van der Waals surface area contributed by atoms with Gasteiger partial charge in [-0.1, -0.05) is 71.3 Å². The van der Waals surface area contributed by atoms with Gasteiger partial charge in [0.05, 0.1) is 54.3 Å². The molecule has 0 bridgehead atoms. The quantitative estimate of drug-likeness (QED) is 0.0735. The summed E-state index contributed by atoms with van der Waals surface area (Å²) in [5.41, 5.74) is 2.69. The Morgan fingerprint density at radius 1 is 0.923 bits per heavy atom. The van der Waals surface area contributed by atoms with Gasteiger partial charge in [-0.15, -0.1) is 0 Å². The number of ether oxygens (including phenoxy) is 2. The van der Waals surface area contributed by atoms with E-state index in [2.05, 4.69) is 76.5 Å². The number of amides is 1. The van der Waals surface area contributed by atoms with Gasteiger partial charge in [0.1, 0.15) is 24.5 Å². The molecule has 1 spiro atoms. The molecule has 432 valence electrons. The van der Waals surface area contributed by atoms with Gasteiger partial charge < -0.3 is 76.7 Å². The van der Waals surface area contributed by atoms with E-state index in [1.54, 1.807) is 18.9 Å². The number of carboxylic acids is 1. The van der Waals surface area contributed by atoms with E-state index in [1.165, 1.54) is 0 Å². The number of aliphatic hydroxyl groups excluding tert-OH is 7. The fourth-order valence-corrected chi connectivity index (χ4v) is 20.4. The van der Waals surface area contributed by atoms with Gasteiger partial charge in [0, 0.05) is 60.2 Å². The molecule has 19 nitrogen and oxygen atoms in total. The van der Waals surface area contributed by atoms with Crippen LogP contribution in [0.1, 0.15) is 123 Å². The number of allylic oxidation sites excluding steroid dienone is 3. The second-order valence-corrected chi connectivity index (χ2v) is 27.7. The van der Waals surface area contributed by atoms with Gasteiger partial charge in [0.2, 0.25) is 5.91 Å². The second-order valence-electron chi connectivity index (χ2n) is 27.7. The molecule has 2 aromatic heterocycles. The maximum absolute atomic E-state index is 15.4. The number of nitrogens with two attached hydrogens (primary N) is 1. The van der Waals surface area contributed by atoms with Crippen molar-refractivity contribution >= 4 is 11.9 Å². The summed E-state index contributed by atoms with van der Waals surface area (Å²) < 4.78 is 12.9. The zero-order valence-electron chi connectivity index (χ0n) is 46.5. The summed E-state index contributed by atoms with van der Waals surface area (Å²) in [4.78, 5) is 45.2. The molecular formula is C59H89N7O12. The minimum atomic E-state index is -1.67. The largest absolute Gasteiger partial charge is 0.481 e. The number of aliphatic hydroxyl groups is 7. The Hall–Kier alpha value is -3.60. The van der Waals surface area contributed by atoms with Crippen LogP contribution in [0.3, 0.4) is 0 Å². The van der Waals surface area contributed by atoms with E-state index in [0.717, 1.165) is 29.8 Å². The number of fused-ring (bicyclic) bond motifs is 9. The lowest BCUT2D eigenvalue weighted by atomic mass is 9.29. The molecule has 78 heavy (non-hydrogen) atoms. The summed E-state index contributed by atoms with van der Waals surface area (Å²) in [6.07, 6.45) is 11.5. The third kappa shape index (κ3) is 7.81. The van der Waals surface area contributed by atoms with Crippen molar-refractivity contribution in [3.8, 4) is 0 Å². The molecule has 23 atom stereocenters. The molecule has 19 heteroatoms. The van der Waals surface area contributed by atoms with E-state index in [1.807, 2.05) is 20.2 Å². The molecule has 5 saturated carbocycles. The van der Waals surface area contributed by atoms with Crippen LogP contribution in [0.2, 0.25) is 0 Å². The number of hydrogen-bond acceptors (Lipinski definition) is 15. The Morgan fingerprint density at radius 2 is 1.65 bits per heavy atom. The Kier molecular flexibility index (Phi) is 14.3. The third-order valence-corrected chi connectivity index (χ3v) is 24.5. The van der Waals surface area contributed by atoms with Gasteiger partial charge in [0.25, 0.3) is 0 Å². The van der Waals surface area contributed by atoms with E-state index in [-0.39, 0.29) is 42.8 Å². The summed E-state index contributed by atoms with van der Waals surface area (Å²) in [5, 5.41) is 99.9. The van der Waals surface area contributed by atoms with Crippen LogP contribution >= 0.6 is 0 Å². The number of hydrogen-bond donors (Lipinski definition) is 13. The Balaban J connectivity index is 1.13. The number of aliphatic carboxylic acids is 1. The van der Waals surface area contributed by atoms with Crippen LogP contribution < -0.4 is 16.4 Å². The highest BCUT2D eigenvalue weighted by Crippen LogP contribution is 2.79. The average Bonchev–Trinajstić information content (AvgIpc) is 3.51. The first-order valence-corrected chi connectivity index (χ1v) is 29.2. The fourth-order valence-electron chi connectivity index (χ4n) is 20.4. The Bertz CT molecular complexity index is 2600. The number of H-pyrrole nitrogens is 2. The Labute approximate surface area is 458 Å². The normalized spacial score (nSPS) is 48.2. The molecule has 2 aromatic rings. The van der Waals surface area contributed by atoms with Crippen molar-refractivity contribution in [2.24, 2.45) is 91.0 Å². The van der Waals surface area contributed by atoms with Crippen LogP contribution in [-0.4, -0.2) is 155 Å². The Morgan fingerprint density at radius 3 is 2.29 bits per heavy atom. The number of nitrogens with one attached hydrogen (secondary N) is 4. The number of rotatable bonds is 14. The van der Waals surface area contributed by atoms with E-state index in [4.69, 9.17) is 15.2 Å². The van der Waals surface area contributed by atoms with Gasteiger partial charge >= 0.3 is 5.97 Å². The molecule has 0 radical (unpaired) electrons. The zero-order valence-corrected chi connectivity index (χ0v) is 46.5. The molecule has 9 aliphatic rings. The third-order valence-electron chi connectivity index (χ3n) is 24.5. The molecule has 0 aromatic carbocycles. The van der Waals surface area contributed by atoms with Gasteiger partial charge in [-0.05, 0) is 135 Å². The smallest absolute Gasteiger partial charge is 0.310 e. The number of carbonyl (C=O) groups excluding carboxylic acids is 1. The minimum Gasteiger partial charge on any atom is -0.481 e. The van der Waals surface area contributed by atoms with Gasteiger partial charge in [-0.25, -0.2) is 9.97 Å². The lowest BCUT2D eigenvalue weighted by Gasteiger charge is -2.75. The van der Waals surface area contributed by atoms with Gasteiger partial charge in [0.15, 0.2) is 6.29 Å². The number of aromatic nitrogens is 4. The van der Waals surface area contributed by atoms with Crippen LogP contribution in [0, 0.1) is 85.2 Å². The van der Waals surface area contributed by atoms with E-state index in [9.17, 15) is 45.6 Å². The summed E-state index contributed by atoms with van der Waals surface area (Å²) >= 11 is 0. The molecule has 0 unspecified atom stereocenters. The van der Waals surface area contributed by atoms with Gasteiger partial charge in [-0.2, -0.15) is 0 Å². The van der Waals surface area contributed by atoms with Crippen molar-refractivity contribution in [2.75, 3.05) is 33.4 Å². The molecule has 7 aliphatic carbocycles. The first-order chi connectivity index (χ1) is 37.0. The van der Waals surface area contributed by atoms with Crippen LogP contribution in [0.25, 0.3) is 0 Å². The highest BCUT2D eigenvalue weighted by molar-refractivity contribution is 5.87. The molecule has 4 heterocycles. The standard InChI is InChI=1S/C59H89N7O12/c1-52(27-67)17-18-58(51(75)76)21-32(19-33-24-62-29-64-33)56(5)35(36(58)22-52)9-10-39-54(56,3)15-12-38-53(2,28-68)47(78-49-45(72)43(70)37(69)26-77-49)44(71)41(55(38,39)4)34-11-16-59(40-25-63-30-65-40,20-31(23-61-6)48(60)73)46-42(34)57(50(74)66-46)13-7-8-14-57/h9,11,16,24-25,29-32,34,36-39,41-49,61,67-73H,7-8,10,12-15,17-23,26-28,60H2,1-6H3,(H,62,64)(H,63,65)(H,66,74)(H,75,76)/t31-,32+,34+,36-,37+,38+,39-,41+,42+,43-,44+,45+,46-,47+,48-,49-,52-,53-,54+,55-,56+,58-,59-/m0/s1. The molecule has 11 rings (SSSR count). The van der Waals surface area contributed by atoms with E-state index < -0.39 is 129 Å². The molecule has 2 saturated heterocycles. The minimum absolute atomic E-state index is 0.0447. The lowest BCUT2D eigenvalue weighted by Crippen LogP contribution is -2.74. The van der Waals surface area contributed by atoms with Crippen molar-refractivity contribution in [1.29, 1.82) is 0 Å². The van der Waals surface area contributed by atoms with Crippen LogP contribution in [0.5, 0.6) is 0 Å². The van der Waals surface area contributed by atoms with Crippen molar-refractivity contribution in [3.63, 3.8) is 0 Å². The first-order valence-electron chi connectivity index (χ1n) is 29.2. The molecule has 7 fully saturated rings. The summed E-state index contributed by atoms with van der Waals surface area (Å²) in [6, 6.07) is -0.560. The van der Waals surface area contributed by atoms with Crippen LogP contribution in [0.4, 0.5) is 0 Å². The van der Waals surface area contributed by atoms with E-state index in [0.29, 0.717) is 77.2 Å². The summed E-state index contributed by atoms with van der Waals surface area (Å²) in [5.74, 6) is -3.98. The highest BCUT2D eigenvalue weighted by Gasteiger charge is 2.77. The molecule has 1 amide bonds. The first kappa shape index (κ1) is 56.3. The van der Waals surface area contributed by atoms with Crippen LogP contribution in [0.15, 0.2) is 48.8 Å². The number of aromatic amines is 2. The second kappa shape index (κ2) is 19.8. The van der Waals surface area contributed by atoms with Crippen molar-refractivity contribution < 1.29 is 59.9 Å². The van der Waals surface area contributed by atoms with Crippen molar-refractivity contribution in [3.05, 3.63) is 60.2 Å². The van der Waals surface area contributed by atoms with Crippen LogP contribution in [-0.2, 0) is 30.9 Å². The maximum Gasteiger partial charge on any atom is 0.310 e. The lowest BCUT2D eigenvalue weighted by molar-refractivity contribution is -0.344. The molecular weight excluding hydrogens is 999 g/mol. The fraction of sp³-hybridized carbons (Fsp3) is 0.797. The number of carbonyl (C=O) groups is 2. The topological polar surface area (TPSA) is 322 Å². The number of carboxylic acid groups (broad SMARTS) is 1. The molecule has 2 aliphatic heterocycles. The monoisotopic (exact) mass is 1090 g/mol. The summed E-state index contributed by atoms with van der Waals surface area (Å²) in [7, 11) is 1.82. The molecule has 14 N–H and O–H groups in total. The summed E-state index contributed by atoms with van der Waals surface area (Å²) in [6.45, 7) is 10.7. The average molecular weight is 1090 g/mol. The highest BCUT2D eigenvalue weighted by atomic mass is 16.7. The number of nitrogens with zero attached hydrogens (tertiary/aromatic N) is 2. The van der Waals surface area contributed by atoms with Crippen molar-refractivity contribution in [1.82, 2.24) is 30.6 Å². The SMILES string of the molecule is CNC[C@H](C[C@]1(c2cnc[nH]2)C=C[C@H]([C@@H]2[C@@H](O)[C@@H](O[C@@H]3OC[C@@H](O)[C@H](O)[C@H]3O)[C@@](C)(CO)[C@H]3CC[C@]4(C)[C@H](CC=C5[C@@H]6C[C@@](C)(CO)CC[C@]6(C(=O)O)C[C@@H](Cc6cnc[nH]6)[C@]54C)[C@@]23C)[C@@H]2[C@@H]1NC(=O)C21CCCC1)[C@@H](N)O.